The van der Waals surface area contributed by atoms with Gasteiger partial charge in [0.1, 0.15) is 5.75 Å². The Kier molecular flexibility index (Phi) is 2.55. The van der Waals surface area contributed by atoms with Gasteiger partial charge in [-0.25, -0.2) is 0 Å². The molecule has 0 unspecified atom stereocenters. The number of hydrogen-bond donors (Lipinski definition) is 4. The Balaban J connectivity index is 2.28. The first kappa shape index (κ1) is 10.2. The van der Waals surface area contributed by atoms with Gasteiger partial charge in [-0.05, 0) is 30.3 Å². The zero-order chi connectivity index (χ0) is 11.5. The van der Waals surface area contributed by atoms with Crippen LogP contribution in [0.4, 0.5) is 22.7 Å². The lowest BCUT2D eigenvalue weighted by molar-refractivity contribution is 0.478. The van der Waals surface area contributed by atoms with Gasteiger partial charge in [0.05, 0.1) is 17.1 Å². The van der Waals surface area contributed by atoms with E-state index in [9.17, 15) is 5.11 Å². The summed E-state index contributed by atoms with van der Waals surface area (Å²) in [5.74, 6) is 0.0755. The highest BCUT2D eigenvalue weighted by atomic mass is 16.3. The molecule has 0 atom stereocenters. The van der Waals surface area contributed by atoms with Crippen LogP contribution in [0, 0.1) is 0 Å². The number of phenols is 1. The quantitative estimate of drug-likeness (QED) is 0.352. The molecule has 0 amide bonds. The van der Waals surface area contributed by atoms with Crippen molar-refractivity contribution in [1.29, 1.82) is 0 Å². The summed E-state index contributed by atoms with van der Waals surface area (Å²) in [6.45, 7) is 0. The third-order valence-corrected chi connectivity index (χ3v) is 2.27. The molecular formula is C12H13N3O. The van der Waals surface area contributed by atoms with Crippen LogP contribution in [0.3, 0.4) is 0 Å². The second kappa shape index (κ2) is 4.02. The smallest absolute Gasteiger partial charge is 0.138 e. The molecule has 82 valence electrons. The van der Waals surface area contributed by atoms with E-state index in [1.54, 1.807) is 12.1 Å². The molecule has 6 N–H and O–H groups in total. The lowest BCUT2D eigenvalue weighted by Gasteiger charge is -2.09. The molecule has 0 aliphatic heterocycles. The number of hydrogen-bond acceptors (Lipinski definition) is 4. The standard InChI is InChI=1S/C12H13N3O/c13-9-3-1-2-4-11(9)15-8-5-6-12(16)10(14)7-8/h1-7,15-16H,13-14H2. The Bertz CT molecular complexity index is 511. The predicted octanol–water partition coefficient (Wildman–Crippen LogP) is 2.30. The van der Waals surface area contributed by atoms with Crippen LogP contribution in [-0.2, 0) is 0 Å². The van der Waals surface area contributed by atoms with Crippen molar-refractivity contribution in [3.8, 4) is 5.75 Å². The van der Waals surface area contributed by atoms with E-state index in [4.69, 9.17) is 11.5 Å². The fraction of sp³-hybridized carbons (Fsp3) is 0. The fourth-order valence-corrected chi connectivity index (χ4v) is 1.40. The lowest BCUT2D eigenvalue weighted by Crippen LogP contribution is -1.96. The van der Waals surface area contributed by atoms with Crippen molar-refractivity contribution in [1.82, 2.24) is 0 Å². The largest absolute Gasteiger partial charge is 0.506 e. The highest BCUT2D eigenvalue weighted by Gasteiger charge is 2.01. The maximum absolute atomic E-state index is 9.29. The van der Waals surface area contributed by atoms with E-state index in [1.807, 2.05) is 24.3 Å². The molecule has 0 fully saturated rings. The summed E-state index contributed by atoms with van der Waals surface area (Å²) in [6, 6.07) is 12.4. The van der Waals surface area contributed by atoms with Gasteiger partial charge in [-0.15, -0.1) is 0 Å². The molecular weight excluding hydrogens is 202 g/mol. The number of nitrogens with two attached hydrogens (primary N) is 2. The maximum Gasteiger partial charge on any atom is 0.138 e. The van der Waals surface area contributed by atoms with E-state index in [1.165, 1.54) is 6.07 Å². The minimum Gasteiger partial charge on any atom is -0.506 e. The minimum absolute atomic E-state index is 0.0755. The molecule has 4 heteroatoms. The van der Waals surface area contributed by atoms with Crippen molar-refractivity contribution in [3.05, 3.63) is 42.5 Å². The molecule has 0 aliphatic rings. The molecule has 2 aromatic carbocycles. The molecule has 0 saturated carbocycles. The van der Waals surface area contributed by atoms with Gasteiger partial charge in [-0.3, -0.25) is 0 Å². The van der Waals surface area contributed by atoms with Crippen molar-refractivity contribution in [3.63, 3.8) is 0 Å². The normalized spacial score (nSPS) is 10.0. The van der Waals surface area contributed by atoms with Gasteiger partial charge in [-0.2, -0.15) is 0 Å². The van der Waals surface area contributed by atoms with Crippen LogP contribution in [0.25, 0.3) is 0 Å². The number of aromatic hydroxyl groups is 1. The van der Waals surface area contributed by atoms with Crippen LogP contribution < -0.4 is 16.8 Å². The Hall–Kier alpha value is -2.36. The Morgan fingerprint density at radius 1 is 0.938 bits per heavy atom. The van der Waals surface area contributed by atoms with Gasteiger partial charge >= 0.3 is 0 Å². The summed E-state index contributed by atoms with van der Waals surface area (Å²) in [6.07, 6.45) is 0. The summed E-state index contributed by atoms with van der Waals surface area (Å²) in [5.41, 5.74) is 14.0. The van der Waals surface area contributed by atoms with E-state index in [-0.39, 0.29) is 5.75 Å². The van der Waals surface area contributed by atoms with Crippen LogP contribution in [0.5, 0.6) is 5.75 Å². The number of nitrogen functional groups attached to an aromatic ring is 2. The third kappa shape index (κ3) is 2.00. The van der Waals surface area contributed by atoms with E-state index in [2.05, 4.69) is 5.32 Å². The van der Waals surface area contributed by atoms with Crippen LogP contribution in [0.1, 0.15) is 0 Å². The van der Waals surface area contributed by atoms with Crippen LogP contribution in [-0.4, -0.2) is 5.11 Å². The molecule has 2 rings (SSSR count). The molecule has 2 aromatic rings. The highest BCUT2D eigenvalue weighted by molar-refractivity contribution is 5.74. The van der Waals surface area contributed by atoms with Gasteiger partial charge in [-0.1, -0.05) is 12.1 Å². The first-order valence-corrected chi connectivity index (χ1v) is 4.87. The second-order valence-electron chi connectivity index (χ2n) is 3.49. The third-order valence-electron chi connectivity index (χ3n) is 2.27. The first-order valence-electron chi connectivity index (χ1n) is 4.87. The molecule has 0 saturated heterocycles. The van der Waals surface area contributed by atoms with Crippen molar-refractivity contribution in [2.24, 2.45) is 0 Å². The summed E-state index contributed by atoms with van der Waals surface area (Å²) in [4.78, 5) is 0. The molecule has 0 aliphatic carbocycles. The number of para-hydroxylation sites is 2. The van der Waals surface area contributed by atoms with Crippen LogP contribution in [0.2, 0.25) is 0 Å². The molecule has 16 heavy (non-hydrogen) atoms. The molecule has 0 bridgehead atoms. The van der Waals surface area contributed by atoms with Crippen molar-refractivity contribution < 1.29 is 5.11 Å². The summed E-state index contributed by atoms with van der Waals surface area (Å²) in [7, 11) is 0. The Morgan fingerprint density at radius 3 is 2.38 bits per heavy atom. The molecule has 0 radical (unpaired) electrons. The topological polar surface area (TPSA) is 84.3 Å². The van der Waals surface area contributed by atoms with Crippen molar-refractivity contribution in [2.75, 3.05) is 16.8 Å². The average Bonchev–Trinajstić information content (AvgIpc) is 2.27. The number of benzene rings is 2. The number of nitrogens with one attached hydrogen (secondary N) is 1. The van der Waals surface area contributed by atoms with Gasteiger partial charge in [0.15, 0.2) is 0 Å². The monoisotopic (exact) mass is 215 g/mol. The number of anilines is 4. The minimum atomic E-state index is 0.0755. The van der Waals surface area contributed by atoms with Crippen molar-refractivity contribution >= 4 is 22.7 Å². The van der Waals surface area contributed by atoms with E-state index >= 15 is 0 Å². The van der Waals surface area contributed by atoms with Gasteiger partial charge in [0.2, 0.25) is 0 Å². The summed E-state index contributed by atoms with van der Waals surface area (Å²) in [5, 5.41) is 12.4. The predicted molar refractivity (Wildman–Crippen MR) is 66.7 cm³/mol. The Morgan fingerprint density at radius 2 is 1.69 bits per heavy atom. The zero-order valence-electron chi connectivity index (χ0n) is 8.64. The van der Waals surface area contributed by atoms with E-state index < -0.39 is 0 Å². The molecule has 0 spiro atoms. The van der Waals surface area contributed by atoms with Gasteiger partial charge in [0.25, 0.3) is 0 Å². The van der Waals surface area contributed by atoms with Crippen LogP contribution in [0.15, 0.2) is 42.5 Å². The fourth-order valence-electron chi connectivity index (χ4n) is 1.40. The van der Waals surface area contributed by atoms with Gasteiger partial charge in [0, 0.05) is 5.69 Å². The summed E-state index contributed by atoms with van der Waals surface area (Å²) >= 11 is 0. The number of rotatable bonds is 2. The average molecular weight is 215 g/mol. The Labute approximate surface area is 93.5 Å². The zero-order valence-corrected chi connectivity index (χ0v) is 8.64. The van der Waals surface area contributed by atoms with Gasteiger partial charge < -0.3 is 21.9 Å². The molecule has 4 nitrogen and oxygen atoms in total. The molecule has 0 aromatic heterocycles. The highest BCUT2D eigenvalue weighted by Crippen LogP contribution is 2.27. The molecule has 0 heterocycles. The van der Waals surface area contributed by atoms with Crippen LogP contribution >= 0.6 is 0 Å². The lowest BCUT2D eigenvalue weighted by atomic mass is 10.2. The summed E-state index contributed by atoms with van der Waals surface area (Å²) < 4.78 is 0. The SMILES string of the molecule is Nc1cc(Nc2ccccc2N)ccc1O. The van der Waals surface area contributed by atoms with E-state index in [0.29, 0.717) is 11.4 Å². The second-order valence-corrected chi connectivity index (χ2v) is 3.49. The number of phenolic OH excluding ortho intramolecular Hbond substituents is 1. The maximum atomic E-state index is 9.29. The van der Waals surface area contributed by atoms with E-state index in [0.717, 1.165) is 11.4 Å². The first-order chi connectivity index (χ1) is 7.66. The van der Waals surface area contributed by atoms with Crippen molar-refractivity contribution in [2.45, 2.75) is 0 Å².